The van der Waals surface area contributed by atoms with E-state index in [-0.39, 0.29) is 32.2 Å². The van der Waals surface area contributed by atoms with Gasteiger partial charge in [0.25, 0.3) is 11.9 Å². The van der Waals surface area contributed by atoms with Crippen LogP contribution in [0.25, 0.3) is 5.57 Å². The summed E-state index contributed by atoms with van der Waals surface area (Å²) in [6.07, 6.45) is 0. The number of carbonyl (C=O) groups excluding carboxylic acids is 3. The van der Waals surface area contributed by atoms with Crippen molar-refractivity contribution in [2.75, 3.05) is 17.2 Å². The number of carboxylic acid groups (broad SMARTS) is 1. The van der Waals surface area contributed by atoms with E-state index >= 15 is 0 Å². The Kier molecular flexibility index (Phi) is 9.31. The highest BCUT2D eigenvalue weighted by molar-refractivity contribution is 8.27. The van der Waals surface area contributed by atoms with Gasteiger partial charge in [-0.05, 0) is 19.1 Å². The van der Waals surface area contributed by atoms with Gasteiger partial charge in [0, 0.05) is 18.0 Å². The molecule has 4 N–H and O–H groups in total. The lowest BCUT2D eigenvalue weighted by Crippen LogP contribution is -2.20. The van der Waals surface area contributed by atoms with Gasteiger partial charge in [0.05, 0.1) is 17.2 Å². The molecule has 2 aromatic rings. The number of rotatable bonds is 5. The summed E-state index contributed by atoms with van der Waals surface area (Å²) in [6.45, 7) is 2.88. The summed E-state index contributed by atoms with van der Waals surface area (Å²) in [5, 5.41) is 17.0. The van der Waals surface area contributed by atoms with Crippen molar-refractivity contribution in [1.82, 2.24) is 10.3 Å². The van der Waals surface area contributed by atoms with E-state index in [9.17, 15) is 14.4 Å². The number of carbonyl (C=O) groups is 4. The Morgan fingerprint density at radius 3 is 2.44 bits per heavy atom. The van der Waals surface area contributed by atoms with E-state index < -0.39 is 23.9 Å². The minimum absolute atomic E-state index is 0.0111. The van der Waals surface area contributed by atoms with Crippen molar-refractivity contribution in [3.63, 3.8) is 0 Å². The molecule has 0 radical (unpaired) electrons. The van der Waals surface area contributed by atoms with Gasteiger partial charge in [-0.15, -0.1) is 11.3 Å². The van der Waals surface area contributed by atoms with Gasteiger partial charge in [-0.25, -0.2) is 14.6 Å². The third-order valence-electron chi connectivity index (χ3n) is 3.34. The molecular weight excluding hydrogens is 476 g/mol. The number of carboxylic acids is 1. The van der Waals surface area contributed by atoms with Crippen molar-refractivity contribution in [1.29, 1.82) is 0 Å². The summed E-state index contributed by atoms with van der Waals surface area (Å²) >= 11 is 7.06. The van der Waals surface area contributed by atoms with E-state index in [0.29, 0.717) is 5.69 Å². The lowest BCUT2D eigenvalue weighted by molar-refractivity contribution is -0.136. The highest BCUT2D eigenvalue weighted by Crippen LogP contribution is 2.34. The first-order chi connectivity index (χ1) is 15.2. The van der Waals surface area contributed by atoms with Gasteiger partial charge in [-0.2, -0.15) is 0 Å². The summed E-state index contributed by atoms with van der Waals surface area (Å²) in [5.41, 5.74) is 0.858. The number of nitrogens with one attached hydrogen (secondary N) is 3. The van der Waals surface area contributed by atoms with Gasteiger partial charge < -0.3 is 20.5 Å². The number of benzene rings is 1. The van der Waals surface area contributed by atoms with Crippen LogP contribution in [0.4, 0.5) is 15.6 Å². The van der Waals surface area contributed by atoms with E-state index in [1.165, 1.54) is 0 Å². The van der Waals surface area contributed by atoms with Gasteiger partial charge in [0.2, 0.25) is 0 Å². The zero-order valence-corrected chi connectivity index (χ0v) is 19.3. The first-order valence-electron chi connectivity index (χ1n) is 8.94. The lowest BCUT2D eigenvalue weighted by atomic mass is 10.2. The molecule has 1 aliphatic rings. The highest BCUT2D eigenvalue weighted by atomic mass is 32.2. The van der Waals surface area contributed by atoms with E-state index in [2.05, 4.69) is 20.9 Å². The Bertz CT molecular complexity index is 1060. The molecule has 3 amide bonds. The van der Waals surface area contributed by atoms with Crippen molar-refractivity contribution < 1.29 is 29.0 Å². The normalized spacial score (nSPS) is 13.9. The average Bonchev–Trinajstić information content (AvgIpc) is 3.28. The van der Waals surface area contributed by atoms with Crippen LogP contribution in [0, 0.1) is 0 Å². The first-order valence-corrected chi connectivity index (χ1v) is 11.0. The van der Waals surface area contributed by atoms with Crippen molar-refractivity contribution in [3.05, 3.63) is 46.3 Å². The van der Waals surface area contributed by atoms with Crippen LogP contribution in [-0.2, 0) is 19.1 Å². The van der Waals surface area contributed by atoms with Crippen molar-refractivity contribution in [2.45, 2.75) is 13.8 Å². The molecule has 32 heavy (non-hydrogen) atoms. The summed E-state index contributed by atoms with van der Waals surface area (Å²) in [7, 11) is 0. The maximum absolute atomic E-state index is 12.4. The quantitative estimate of drug-likeness (QED) is 0.279. The predicted octanol–water partition coefficient (Wildman–Crippen LogP) is 3.30. The monoisotopic (exact) mass is 494 g/mol. The summed E-state index contributed by atoms with van der Waals surface area (Å²) < 4.78 is 5.30. The molecule has 0 aliphatic carbocycles. The second-order valence-corrected chi connectivity index (χ2v) is 8.32. The number of nitrogens with zero attached hydrogens (tertiary/aromatic N) is 1. The first kappa shape index (κ1) is 25.0. The zero-order valence-electron chi connectivity index (χ0n) is 16.8. The molecule has 0 spiro atoms. The van der Waals surface area contributed by atoms with Crippen molar-refractivity contribution in [3.8, 4) is 0 Å². The summed E-state index contributed by atoms with van der Waals surface area (Å²) in [5.74, 6) is -2.00. The molecule has 168 valence electrons. The van der Waals surface area contributed by atoms with E-state index in [0.717, 1.165) is 30.0 Å². The number of thioether (sulfide) groups is 1. The van der Waals surface area contributed by atoms with Gasteiger partial charge in [0.1, 0.15) is 9.89 Å². The number of anilines is 2. The third-order valence-corrected chi connectivity index (χ3v) is 5.33. The smallest absolute Gasteiger partial charge is 0.341 e. The van der Waals surface area contributed by atoms with Crippen LogP contribution in [0.2, 0.25) is 0 Å². The van der Waals surface area contributed by atoms with Crippen molar-refractivity contribution in [2.24, 2.45) is 0 Å². The van der Waals surface area contributed by atoms with Gasteiger partial charge >= 0.3 is 12.0 Å². The van der Waals surface area contributed by atoms with E-state index in [4.69, 9.17) is 26.9 Å². The van der Waals surface area contributed by atoms with Crippen LogP contribution in [0.15, 0.2) is 40.6 Å². The average molecular weight is 495 g/mol. The van der Waals surface area contributed by atoms with Crippen LogP contribution >= 0.6 is 35.3 Å². The number of hydrogen-bond acceptors (Lipinski definition) is 9. The van der Waals surface area contributed by atoms with Gasteiger partial charge in [0.15, 0.2) is 5.13 Å². The molecule has 2 heterocycles. The largest absolute Gasteiger partial charge is 0.481 e. The number of thiazole rings is 1. The summed E-state index contributed by atoms with van der Waals surface area (Å²) in [6, 6.07) is 8.44. The van der Waals surface area contributed by atoms with Crippen LogP contribution < -0.4 is 16.0 Å². The molecule has 1 aromatic heterocycles. The Hall–Kier alpha value is -3.29. The van der Waals surface area contributed by atoms with E-state index in [1.54, 1.807) is 36.6 Å². The molecule has 1 aromatic carbocycles. The number of thiocarbonyl (C=S) groups is 1. The summed E-state index contributed by atoms with van der Waals surface area (Å²) in [4.78, 5) is 50.0. The minimum atomic E-state index is -0.833. The zero-order chi connectivity index (χ0) is 23.7. The minimum Gasteiger partial charge on any atom is -0.481 e. The molecule has 10 nitrogen and oxygen atoms in total. The number of aliphatic carboxylic acids is 1. The molecule has 0 unspecified atom stereocenters. The Balaban J connectivity index is 0.000000837. The highest BCUT2D eigenvalue weighted by Gasteiger charge is 2.32. The van der Waals surface area contributed by atoms with Crippen LogP contribution in [-0.4, -0.2) is 44.9 Å². The number of esters is 1. The van der Waals surface area contributed by atoms with E-state index in [1.807, 2.05) is 6.07 Å². The molecule has 1 aliphatic heterocycles. The third kappa shape index (κ3) is 7.44. The molecule has 3 rings (SSSR count). The second-order valence-electron chi connectivity index (χ2n) is 5.77. The predicted molar refractivity (Wildman–Crippen MR) is 126 cm³/mol. The molecular formula is C19H18N4O6S3. The number of ether oxygens (including phenoxy) is 1. The Morgan fingerprint density at radius 1 is 1.22 bits per heavy atom. The number of urea groups is 1. The molecule has 1 fully saturated rings. The fraction of sp³-hybridized carbons (Fsp3) is 0.158. The van der Waals surface area contributed by atoms with Crippen LogP contribution in [0.3, 0.4) is 0 Å². The Labute approximate surface area is 196 Å². The molecule has 0 bridgehead atoms. The maximum Gasteiger partial charge on any atom is 0.341 e. The second kappa shape index (κ2) is 11.9. The molecule has 0 saturated carbocycles. The standard InChI is InChI=1S/C17H14N4O4S3.C2H4O2/c1-2-25-14(23)11(12-13(22)20-17(26)28-12)10-8-27-16(19-10)21-15(24)18-9-6-4-3-5-7-9;1-2(3)4/h3-8H,2H2,1H3,(H,20,22,26)(H2,18,19,21,24);1H3,(H,3,4). The molecule has 13 heteroatoms. The molecule has 0 atom stereocenters. The number of hydrogen-bond donors (Lipinski definition) is 4. The van der Waals surface area contributed by atoms with Crippen molar-refractivity contribution >= 4 is 79.9 Å². The fourth-order valence-electron chi connectivity index (χ4n) is 2.22. The van der Waals surface area contributed by atoms with Gasteiger partial charge in [-0.3, -0.25) is 14.9 Å². The van der Waals surface area contributed by atoms with Crippen LogP contribution in [0.5, 0.6) is 0 Å². The van der Waals surface area contributed by atoms with Gasteiger partial charge in [-0.1, -0.05) is 42.2 Å². The fourth-order valence-corrected chi connectivity index (χ4v) is 4.02. The maximum atomic E-state index is 12.4. The number of aromatic nitrogens is 1. The SMILES string of the molecule is CC(=O)O.CCOC(=O)C(=C1SC(=S)NC1=O)c1csc(NC(=O)Nc2ccccc2)n1. The Morgan fingerprint density at radius 2 is 1.88 bits per heavy atom. The lowest BCUT2D eigenvalue weighted by Gasteiger charge is -2.07. The molecule has 1 saturated heterocycles. The topological polar surface area (TPSA) is 147 Å². The van der Waals surface area contributed by atoms with Crippen LogP contribution in [0.1, 0.15) is 19.5 Å². The number of para-hydroxylation sites is 1. The number of amides is 3.